The highest BCUT2D eigenvalue weighted by Gasteiger charge is 2.20. The summed E-state index contributed by atoms with van der Waals surface area (Å²) in [5.41, 5.74) is 12.9. The van der Waals surface area contributed by atoms with Crippen LogP contribution >= 0.6 is 0 Å². The van der Waals surface area contributed by atoms with Crippen molar-refractivity contribution >= 4 is 23.3 Å². The van der Waals surface area contributed by atoms with Gasteiger partial charge < -0.3 is 21.7 Å². The fourth-order valence-electron chi connectivity index (χ4n) is 1.43. The molecule has 0 saturated carbocycles. The van der Waals surface area contributed by atoms with Gasteiger partial charge >= 0.3 is 11.9 Å². The predicted molar refractivity (Wildman–Crippen MR) is 65.8 cm³/mol. The number of rotatable bonds is 6. The first-order valence-electron chi connectivity index (χ1n) is 5.22. The van der Waals surface area contributed by atoms with Crippen LogP contribution in [0.3, 0.4) is 0 Å². The summed E-state index contributed by atoms with van der Waals surface area (Å²) in [4.78, 5) is 21.3. The number of anilines is 2. The highest BCUT2D eigenvalue weighted by Crippen LogP contribution is 2.15. The Hall–Kier alpha value is -2.28. The number of nitrogen functional groups attached to an aromatic ring is 2. The second kappa shape index (κ2) is 5.87. The molecular weight excluding hydrogens is 238 g/mol. The van der Waals surface area contributed by atoms with Crippen LogP contribution < -0.4 is 16.8 Å². The van der Waals surface area contributed by atoms with Crippen LogP contribution in [0.5, 0.6) is 0 Å². The average Bonchev–Trinajstić information content (AvgIpc) is 2.27. The summed E-state index contributed by atoms with van der Waals surface area (Å²) in [7, 11) is 0. The first kappa shape index (κ1) is 13.8. The van der Waals surface area contributed by atoms with E-state index < -0.39 is 24.4 Å². The fraction of sp³-hybridized carbons (Fsp3) is 0.273. The van der Waals surface area contributed by atoms with Gasteiger partial charge in [-0.3, -0.25) is 14.9 Å². The van der Waals surface area contributed by atoms with E-state index in [1.54, 1.807) is 18.2 Å². The summed E-state index contributed by atoms with van der Waals surface area (Å²) in [5.74, 6) is -2.41. The lowest BCUT2D eigenvalue weighted by molar-refractivity contribution is -0.146. The van der Waals surface area contributed by atoms with Crippen molar-refractivity contribution in [2.24, 2.45) is 0 Å². The molecule has 0 fully saturated rings. The maximum atomic E-state index is 10.8. The Morgan fingerprint density at radius 3 is 2.50 bits per heavy atom. The Morgan fingerprint density at radius 1 is 1.28 bits per heavy atom. The van der Waals surface area contributed by atoms with Crippen molar-refractivity contribution in [2.45, 2.75) is 19.0 Å². The number of hydrogen-bond donors (Lipinski definition) is 5. The average molecular weight is 253 g/mol. The number of hydrogen-bond acceptors (Lipinski definition) is 5. The molecule has 0 aromatic heterocycles. The SMILES string of the molecule is Nc1ccc(N)c(CNC(CC(=O)O)C(=O)O)c1. The van der Waals surface area contributed by atoms with Crippen molar-refractivity contribution in [1.29, 1.82) is 0 Å². The maximum absolute atomic E-state index is 10.8. The van der Waals surface area contributed by atoms with Crippen LogP contribution in [0.1, 0.15) is 12.0 Å². The molecule has 18 heavy (non-hydrogen) atoms. The lowest BCUT2D eigenvalue weighted by Gasteiger charge is -2.13. The normalized spacial score (nSPS) is 12.0. The summed E-state index contributed by atoms with van der Waals surface area (Å²) in [6.45, 7) is 0.140. The Morgan fingerprint density at radius 2 is 1.94 bits per heavy atom. The molecule has 0 aliphatic heterocycles. The van der Waals surface area contributed by atoms with E-state index in [1.807, 2.05) is 0 Å². The Balaban J connectivity index is 2.69. The summed E-state index contributed by atoms with van der Waals surface area (Å²) in [5, 5.41) is 20.0. The third-order valence-corrected chi connectivity index (χ3v) is 2.38. The summed E-state index contributed by atoms with van der Waals surface area (Å²) < 4.78 is 0. The molecule has 0 aliphatic carbocycles. The largest absolute Gasteiger partial charge is 0.481 e. The monoisotopic (exact) mass is 253 g/mol. The number of carbonyl (C=O) groups is 2. The van der Waals surface area contributed by atoms with Gasteiger partial charge in [0, 0.05) is 17.9 Å². The number of carboxylic acids is 2. The third-order valence-electron chi connectivity index (χ3n) is 2.38. The number of aliphatic carboxylic acids is 2. The molecule has 0 amide bonds. The van der Waals surface area contributed by atoms with Crippen LogP contribution in [0.25, 0.3) is 0 Å². The Bertz CT molecular complexity index is 462. The molecule has 7 nitrogen and oxygen atoms in total. The van der Waals surface area contributed by atoms with E-state index in [9.17, 15) is 9.59 Å². The predicted octanol–water partition coefficient (Wildman–Crippen LogP) is -0.132. The van der Waals surface area contributed by atoms with Crippen molar-refractivity contribution in [3.8, 4) is 0 Å². The minimum Gasteiger partial charge on any atom is -0.481 e. The fourth-order valence-corrected chi connectivity index (χ4v) is 1.43. The quantitative estimate of drug-likeness (QED) is 0.445. The maximum Gasteiger partial charge on any atom is 0.321 e. The lowest BCUT2D eigenvalue weighted by Crippen LogP contribution is -2.38. The van der Waals surface area contributed by atoms with Gasteiger partial charge in [0.2, 0.25) is 0 Å². The van der Waals surface area contributed by atoms with E-state index in [4.69, 9.17) is 21.7 Å². The first-order chi connectivity index (χ1) is 8.40. The molecule has 0 bridgehead atoms. The summed E-state index contributed by atoms with van der Waals surface area (Å²) >= 11 is 0. The molecule has 1 rings (SSSR count). The number of nitrogens with one attached hydrogen (secondary N) is 1. The third kappa shape index (κ3) is 3.95. The molecule has 0 aliphatic rings. The molecule has 0 heterocycles. The van der Waals surface area contributed by atoms with Crippen LogP contribution in [0, 0.1) is 0 Å². The van der Waals surface area contributed by atoms with E-state index in [0.29, 0.717) is 16.9 Å². The zero-order valence-electron chi connectivity index (χ0n) is 9.59. The molecule has 7 heteroatoms. The van der Waals surface area contributed by atoms with Crippen LogP contribution in [0.4, 0.5) is 11.4 Å². The number of carboxylic acid groups (broad SMARTS) is 2. The highest BCUT2D eigenvalue weighted by molar-refractivity contribution is 5.80. The van der Waals surface area contributed by atoms with E-state index in [2.05, 4.69) is 5.32 Å². The molecule has 0 spiro atoms. The zero-order valence-corrected chi connectivity index (χ0v) is 9.59. The second-order valence-electron chi connectivity index (χ2n) is 3.83. The molecule has 1 atom stereocenters. The van der Waals surface area contributed by atoms with E-state index >= 15 is 0 Å². The van der Waals surface area contributed by atoms with Crippen molar-refractivity contribution in [3.63, 3.8) is 0 Å². The smallest absolute Gasteiger partial charge is 0.321 e. The van der Waals surface area contributed by atoms with Crippen molar-refractivity contribution in [2.75, 3.05) is 11.5 Å². The van der Waals surface area contributed by atoms with Crippen LogP contribution in [0.2, 0.25) is 0 Å². The minimum absolute atomic E-state index is 0.140. The van der Waals surface area contributed by atoms with Gasteiger partial charge in [-0.2, -0.15) is 0 Å². The van der Waals surface area contributed by atoms with Crippen LogP contribution in [-0.2, 0) is 16.1 Å². The first-order valence-corrected chi connectivity index (χ1v) is 5.22. The van der Waals surface area contributed by atoms with E-state index in [-0.39, 0.29) is 6.54 Å². The van der Waals surface area contributed by atoms with Gasteiger partial charge in [0.25, 0.3) is 0 Å². The minimum atomic E-state index is -1.22. The molecule has 7 N–H and O–H groups in total. The zero-order chi connectivity index (χ0) is 13.7. The number of benzene rings is 1. The standard InChI is InChI=1S/C11H15N3O4/c12-7-1-2-8(13)6(3-7)5-14-9(11(17)18)4-10(15)16/h1-3,9,14H,4-5,12-13H2,(H,15,16)(H,17,18). The summed E-state index contributed by atoms with van der Waals surface area (Å²) in [6, 6.07) is 3.69. The van der Waals surface area contributed by atoms with E-state index in [1.165, 1.54) is 0 Å². The van der Waals surface area contributed by atoms with Gasteiger partial charge in [0.1, 0.15) is 6.04 Å². The second-order valence-corrected chi connectivity index (χ2v) is 3.83. The van der Waals surface area contributed by atoms with Gasteiger partial charge in [0.05, 0.1) is 6.42 Å². The molecule has 1 aromatic carbocycles. The number of nitrogens with two attached hydrogens (primary N) is 2. The van der Waals surface area contributed by atoms with Crippen LogP contribution in [0.15, 0.2) is 18.2 Å². The van der Waals surface area contributed by atoms with Gasteiger partial charge in [-0.05, 0) is 23.8 Å². The summed E-state index contributed by atoms with van der Waals surface area (Å²) in [6.07, 6.45) is -0.502. The van der Waals surface area contributed by atoms with Crippen molar-refractivity contribution in [1.82, 2.24) is 5.32 Å². The van der Waals surface area contributed by atoms with Gasteiger partial charge in [-0.15, -0.1) is 0 Å². The lowest BCUT2D eigenvalue weighted by atomic mass is 10.1. The van der Waals surface area contributed by atoms with Gasteiger partial charge in [-0.1, -0.05) is 0 Å². The topological polar surface area (TPSA) is 139 Å². The molecule has 0 radical (unpaired) electrons. The van der Waals surface area contributed by atoms with Gasteiger partial charge in [-0.25, -0.2) is 0 Å². The van der Waals surface area contributed by atoms with Crippen molar-refractivity contribution < 1.29 is 19.8 Å². The molecule has 0 saturated heterocycles. The van der Waals surface area contributed by atoms with E-state index in [0.717, 1.165) is 0 Å². The molecule has 1 aromatic rings. The van der Waals surface area contributed by atoms with Crippen molar-refractivity contribution in [3.05, 3.63) is 23.8 Å². The van der Waals surface area contributed by atoms with Crippen LogP contribution in [-0.4, -0.2) is 28.2 Å². The molecular formula is C11H15N3O4. The highest BCUT2D eigenvalue weighted by atomic mass is 16.4. The molecule has 1 unspecified atom stereocenters. The van der Waals surface area contributed by atoms with Gasteiger partial charge in [0.15, 0.2) is 0 Å². The Labute approximate surface area is 103 Å². The Kier molecular flexibility index (Phi) is 4.50. The molecule has 98 valence electrons.